The lowest BCUT2D eigenvalue weighted by molar-refractivity contribution is -0.258. The van der Waals surface area contributed by atoms with E-state index < -0.39 is 23.2 Å². The summed E-state index contributed by atoms with van der Waals surface area (Å²) in [5.74, 6) is -0.391. The van der Waals surface area contributed by atoms with E-state index in [1.165, 1.54) is 58.2 Å². The molecule has 0 bridgehead atoms. The molecule has 1 saturated heterocycles. The lowest BCUT2D eigenvalue weighted by Gasteiger charge is -2.38. The van der Waals surface area contributed by atoms with Crippen LogP contribution in [0.4, 0.5) is 17.6 Å². The van der Waals surface area contributed by atoms with Gasteiger partial charge in [0.25, 0.3) is 5.56 Å². The second kappa shape index (κ2) is 9.85. The summed E-state index contributed by atoms with van der Waals surface area (Å²) in [6, 6.07) is 11.3. The fourth-order valence-electron chi connectivity index (χ4n) is 4.79. The van der Waals surface area contributed by atoms with Crippen molar-refractivity contribution in [2.45, 2.75) is 50.2 Å². The molecule has 1 atom stereocenters. The first-order valence-corrected chi connectivity index (χ1v) is 12.4. The van der Waals surface area contributed by atoms with Crippen LogP contribution in [0.15, 0.2) is 65.8 Å². The molecule has 0 amide bonds. The van der Waals surface area contributed by atoms with Gasteiger partial charge < -0.3 is 10.2 Å². The minimum atomic E-state index is -4.78. The van der Waals surface area contributed by atoms with Gasteiger partial charge in [0.05, 0.1) is 24.0 Å². The maximum atomic E-state index is 13.3. The topological polar surface area (TPSA) is 96.4 Å². The lowest BCUT2D eigenvalue weighted by Crippen LogP contribution is -2.47. The van der Waals surface area contributed by atoms with Crippen LogP contribution >= 0.6 is 0 Å². The Morgan fingerprint density at radius 3 is 2.28 bits per heavy atom. The second-order valence-electron chi connectivity index (χ2n) is 10.2. The number of benzene rings is 2. The summed E-state index contributed by atoms with van der Waals surface area (Å²) in [6.07, 6.45) is -1.25. The number of halogens is 4. The van der Waals surface area contributed by atoms with E-state index >= 15 is 0 Å². The van der Waals surface area contributed by atoms with Crippen molar-refractivity contribution in [3.63, 3.8) is 0 Å². The molecule has 4 aromatic rings. The molecule has 0 saturated carbocycles. The Bertz CT molecular complexity index is 1520. The van der Waals surface area contributed by atoms with Crippen LogP contribution in [0.5, 0.6) is 0 Å². The molecule has 2 aromatic carbocycles. The van der Waals surface area contributed by atoms with Gasteiger partial charge in [0, 0.05) is 19.6 Å². The van der Waals surface area contributed by atoms with Gasteiger partial charge in [-0.2, -0.15) is 18.3 Å². The highest BCUT2D eigenvalue weighted by Crippen LogP contribution is 2.38. The van der Waals surface area contributed by atoms with Gasteiger partial charge in [-0.25, -0.2) is 14.1 Å². The quantitative estimate of drug-likeness (QED) is 0.360. The van der Waals surface area contributed by atoms with Crippen LogP contribution in [0.2, 0.25) is 0 Å². The number of hydrogen-bond acceptors (Lipinski definition) is 6. The number of nitrogens with zero attached hydrogens (tertiary/aromatic N) is 5. The first-order chi connectivity index (χ1) is 18.4. The van der Waals surface area contributed by atoms with Crippen molar-refractivity contribution >= 4 is 11.0 Å². The van der Waals surface area contributed by atoms with Crippen LogP contribution in [0, 0.1) is 5.82 Å². The van der Waals surface area contributed by atoms with Crippen molar-refractivity contribution in [3.05, 3.63) is 88.4 Å². The van der Waals surface area contributed by atoms with E-state index in [1.807, 2.05) is 0 Å². The Hall–Kier alpha value is -3.61. The Balaban J connectivity index is 1.23. The fourth-order valence-corrected chi connectivity index (χ4v) is 4.79. The van der Waals surface area contributed by atoms with Crippen molar-refractivity contribution in [1.29, 1.82) is 0 Å². The molecule has 206 valence electrons. The molecule has 5 rings (SSSR count). The Kier molecular flexibility index (Phi) is 6.81. The smallest absolute Gasteiger partial charge is 0.388 e. The summed E-state index contributed by atoms with van der Waals surface area (Å²) in [7, 11) is 0. The van der Waals surface area contributed by atoms with Gasteiger partial charge in [-0.05, 0) is 55.2 Å². The van der Waals surface area contributed by atoms with Crippen LogP contribution in [0.3, 0.4) is 0 Å². The van der Waals surface area contributed by atoms with E-state index in [0.717, 1.165) is 12.5 Å². The van der Waals surface area contributed by atoms with Crippen molar-refractivity contribution in [3.8, 4) is 5.69 Å². The Morgan fingerprint density at radius 1 is 1.03 bits per heavy atom. The Morgan fingerprint density at radius 2 is 1.67 bits per heavy atom. The first-order valence-electron chi connectivity index (χ1n) is 12.4. The van der Waals surface area contributed by atoms with Gasteiger partial charge in [0.2, 0.25) is 0 Å². The molecule has 12 heteroatoms. The highest BCUT2D eigenvalue weighted by atomic mass is 19.4. The molecule has 1 aliphatic rings. The molecule has 39 heavy (non-hydrogen) atoms. The highest BCUT2D eigenvalue weighted by Gasteiger charge is 2.51. The van der Waals surface area contributed by atoms with Gasteiger partial charge in [0.1, 0.15) is 17.5 Å². The summed E-state index contributed by atoms with van der Waals surface area (Å²) in [5, 5.41) is 25.6. The number of alkyl halides is 3. The molecular formula is C27H27F4N5O3. The van der Waals surface area contributed by atoms with E-state index in [9.17, 15) is 32.6 Å². The summed E-state index contributed by atoms with van der Waals surface area (Å²) in [5.41, 5.74) is -2.98. The molecule has 8 nitrogen and oxygen atoms in total. The summed E-state index contributed by atoms with van der Waals surface area (Å²) >= 11 is 0. The average Bonchev–Trinajstić information content (AvgIpc) is 3.32. The molecule has 2 N–H and O–H groups in total. The van der Waals surface area contributed by atoms with Gasteiger partial charge in [-0.3, -0.25) is 14.3 Å². The minimum absolute atomic E-state index is 0.0472. The van der Waals surface area contributed by atoms with Gasteiger partial charge >= 0.3 is 6.18 Å². The summed E-state index contributed by atoms with van der Waals surface area (Å²) in [4.78, 5) is 19.5. The molecule has 1 fully saturated rings. The van der Waals surface area contributed by atoms with Crippen LogP contribution < -0.4 is 5.56 Å². The zero-order chi connectivity index (χ0) is 28.0. The maximum absolute atomic E-state index is 13.3. The standard InChI is InChI=1S/C27H27F4N5O3/c1-25(38,27(29,30)31)19-4-2-18(3-5-19)15-34-12-10-26(39,11-13-34)16-35-17-32-23-22(24(35)37)14-33-36(23)21-8-6-20(28)7-9-21/h2-9,14,17,38-39H,10-13,15-16H2,1H3. The van der Waals surface area contributed by atoms with E-state index in [1.54, 1.807) is 12.1 Å². The van der Waals surface area contributed by atoms with Crippen LogP contribution in [-0.2, 0) is 18.7 Å². The number of fused-ring (bicyclic) bond motifs is 1. The Labute approximate surface area is 220 Å². The molecular weight excluding hydrogens is 518 g/mol. The van der Waals surface area contributed by atoms with E-state index in [2.05, 4.69) is 15.0 Å². The zero-order valence-corrected chi connectivity index (χ0v) is 21.1. The monoisotopic (exact) mass is 545 g/mol. The lowest BCUT2D eigenvalue weighted by atomic mass is 9.90. The molecule has 0 aliphatic carbocycles. The van der Waals surface area contributed by atoms with Gasteiger partial charge in [-0.15, -0.1) is 0 Å². The average molecular weight is 546 g/mol. The third-order valence-corrected chi connectivity index (χ3v) is 7.35. The predicted octanol–water partition coefficient (Wildman–Crippen LogP) is 3.52. The predicted molar refractivity (Wildman–Crippen MR) is 135 cm³/mol. The number of piperidine rings is 1. The third kappa shape index (κ3) is 5.32. The third-order valence-electron chi connectivity index (χ3n) is 7.35. The van der Waals surface area contributed by atoms with Gasteiger partial charge in [-0.1, -0.05) is 24.3 Å². The molecule has 2 aromatic heterocycles. The molecule has 1 aliphatic heterocycles. The summed E-state index contributed by atoms with van der Waals surface area (Å²) < 4.78 is 55.3. The normalized spacial score (nSPS) is 17.8. The second-order valence-corrected chi connectivity index (χ2v) is 10.2. The van der Waals surface area contributed by atoms with Crippen LogP contribution in [-0.4, -0.2) is 59.3 Å². The first kappa shape index (κ1) is 27.0. The SMILES string of the molecule is CC(O)(c1ccc(CN2CCC(O)(Cn3cnc4c(cnn4-c4ccc(F)cc4)c3=O)CC2)cc1)C(F)(F)F. The van der Waals surface area contributed by atoms with Gasteiger partial charge in [0.15, 0.2) is 11.2 Å². The number of hydrogen-bond donors (Lipinski definition) is 2. The van der Waals surface area contributed by atoms with Crippen molar-refractivity contribution in [2.24, 2.45) is 0 Å². The van der Waals surface area contributed by atoms with Crippen molar-refractivity contribution < 1.29 is 27.8 Å². The number of aliphatic hydroxyl groups is 2. The van der Waals surface area contributed by atoms with Crippen molar-refractivity contribution in [1.82, 2.24) is 24.2 Å². The van der Waals surface area contributed by atoms with Crippen LogP contribution in [0.25, 0.3) is 16.7 Å². The number of rotatable bonds is 6. The molecule has 1 unspecified atom stereocenters. The van der Waals surface area contributed by atoms with E-state index in [4.69, 9.17) is 0 Å². The van der Waals surface area contributed by atoms with Crippen molar-refractivity contribution in [2.75, 3.05) is 13.1 Å². The zero-order valence-electron chi connectivity index (χ0n) is 21.1. The highest BCUT2D eigenvalue weighted by molar-refractivity contribution is 5.74. The molecule has 0 radical (unpaired) electrons. The largest absolute Gasteiger partial charge is 0.421 e. The van der Waals surface area contributed by atoms with Crippen LogP contribution in [0.1, 0.15) is 30.9 Å². The number of aromatic nitrogens is 4. The minimum Gasteiger partial charge on any atom is -0.388 e. The van der Waals surface area contributed by atoms with E-state index in [-0.39, 0.29) is 23.1 Å². The molecule has 3 heterocycles. The fraction of sp³-hybridized carbons (Fsp3) is 0.370. The number of likely N-dealkylation sites (tertiary alicyclic amines) is 1. The summed E-state index contributed by atoms with van der Waals surface area (Å²) in [6.45, 7) is 2.28. The molecule has 0 spiro atoms. The van der Waals surface area contributed by atoms with E-state index in [0.29, 0.717) is 43.8 Å². The maximum Gasteiger partial charge on any atom is 0.421 e.